The molecule has 144 valence electrons. The van der Waals surface area contributed by atoms with E-state index in [9.17, 15) is 13.6 Å². The maximum atomic E-state index is 12.3. The van der Waals surface area contributed by atoms with Crippen LogP contribution in [0.2, 0.25) is 0 Å². The summed E-state index contributed by atoms with van der Waals surface area (Å²) in [6.45, 7) is 4.79. The van der Waals surface area contributed by atoms with E-state index in [0.717, 1.165) is 37.2 Å². The molecule has 25 heavy (non-hydrogen) atoms. The van der Waals surface area contributed by atoms with Gasteiger partial charge >= 0.3 is 0 Å². The van der Waals surface area contributed by atoms with Crippen molar-refractivity contribution in [1.82, 2.24) is 4.90 Å². The zero-order valence-electron chi connectivity index (χ0n) is 14.7. The highest BCUT2D eigenvalue weighted by atomic mass is 35.5. The van der Waals surface area contributed by atoms with Crippen molar-refractivity contribution in [2.75, 3.05) is 68.5 Å². The smallest absolute Gasteiger partial charge is 0.257 e. The molecule has 0 aromatic heterocycles. The zero-order chi connectivity index (χ0) is 18.0. The average molecular weight is 394 g/mol. The first-order valence-electron chi connectivity index (χ1n) is 8.02. The lowest BCUT2D eigenvalue weighted by Gasteiger charge is -2.41. The highest BCUT2D eigenvalue weighted by molar-refractivity contribution is 7.92. The normalized spacial score (nSPS) is 17.7. The van der Waals surface area contributed by atoms with Gasteiger partial charge in [-0.1, -0.05) is 0 Å². The third kappa shape index (κ3) is 5.61. The molecule has 0 aliphatic carbocycles. The molecule has 1 fully saturated rings. The van der Waals surface area contributed by atoms with E-state index in [2.05, 4.69) is 19.0 Å². The largest absolute Gasteiger partial charge is 1.00 e. The highest BCUT2D eigenvalue weighted by Gasteiger charge is 2.29. The summed E-state index contributed by atoms with van der Waals surface area (Å²) >= 11 is 0. The molecule has 1 heterocycles. The Kier molecular flexibility index (Phi) is 7.33. The Balaban J connectivity index is 0.00000312. The summed E-state index contributed by atoms with van der Waals surface area (Å²) in [4.78, 5) is 2.27. The molecule has 1 saturated heterocycles. The van der Waals surface area contributed by atoms with Crippen LogP contribution in [0.4, 0.5) is 17.1 Å². The monoisotopic (exact) mass is 393 g/mol. The number of nitrogens with two attached hydrogens (primary N) is 2. The minimum Gasteiger partial charge on any atom is -1.00 e. The van der Waals surface area contributed by atoms with Gasteiger partial charge in [0, 0.05) is 25.2 Å². The van der Waals surface area contributed by atoms with Crippen molar-refractivity contribution in [3.63, 3.8) is 0 Å². The number of nitrogens with zero attached hydrogens (tertiary/aromatic N) is 3. The third-order valence-electron chi connectivity index (χ3n) is 4.66. The summed E-state index contributed by atoms with van der Waals surface area (Å²) in [5, 5.41) is 10.1. The molecule has 0 radical (unpaired) electrons. The minimum absolute atomic E-state index is 0. The Morgan fingerprint density at radius 2 is 1.88 bits per heavy atom. The van der Waals surface area contributed by atoms with Gasteiger partial charge in [-0.25, -0.2) is 8.42 Å². The van der Waals surface area contributed by atoms with Gasteiger partial charge in [0.05, 0.1) is 38.1 Å². The van der Waals surface area contributed by atoms with E-state index in [-0.39, 0.29) is 34.0 Å². The second-order valence-corrected chi connectivity index (χ2v) is 8.74. The zero-order valence-corrected chi connectivity index (χ0v) is 16.3. The number of nitrogen functional groups attached to an aromatic ring is 2. The first kappa shape index (κ1) is 21.8. The molecule has 0 spiro atoms. The standard InChI is InChI=1S/C15H28N5O3S.ClH/c1-18-6-9-20(2,10-7-18)8-3-11-24(22,23)19(21)15-5-4-13(16)12-14(15)17;/h4-5,12,21H,3,6-11,16-17H2,1-2H3;1H/q+1;/p-1. The van der Waals surface area contributed by atoms with Crippen molar-refractivity contribution in [2.45, 2.75) is 6.42 Å². The number of quaternary nitrogens is 1. The van der Waals surface area contributed by atoms with E-state index < -0.39 is 10.0 Å². The molecule has 0 saturated carbocycles. The summed E-state index contributed by atoms with van der Waals surface area (Å²) in [5.41, 5.74) is 11.9. The SMILES string of the molecule is CN1CC[N+](C)(CCCS(=O)(=O)N(O)c2ccc(N)cc2N)CC1.[Cl-]. The lowest BCUT2D eigenvalue weighted by molar-refractivity contribution is -0.913. The van der Waals surface area contributed by atoms with Crippen molar-refractivity contribution >= 4 is 27.1 Å². The first-order valence-corrected chi connectivity index (χ1v) is 9.63. The fraction of sp³-hybridized carbons (Fsp3) is 0.600. The molecule has 1 aromatic rings. The van der Waals surface area contributed by atoms with Gasteiger partial charge in [0.15, 0.2) is 0 Å². The van der Waals surface area contributed by atoms with Crippen LogP contribution in [0.15, 0.2) is 18.2 Å². The molecule has 1 aliphatic rings. The van der Waals surface area contributed by atoms with Crippen LogP contribution >= 0.6 is 0 Å². The Labute approximate surface area is 156 Å². The molecule has 8 nitrogen and oxygen atoms in total. The number of rotatable bonds is 6. The number of piperazine rings is 1. The second-order valence-electron chi connectivity index (χ2n) is 6.82. The fourth-order valence-corrected chi connectivity index (χ4v) is 4.02. The Morgan fingerprint density at radius 3 is 2.44 bits per heavy atom. The van der Waals surface area contributed by atoms with E-state index >= 15 is 0 Å². The molecule has 0 atom stereocenters. The van der Waals surface area contributed by atoms with Crippen LogP contribution in [-0.2, 0) is 10.0 Å². The maximum absolute atomic E-state index is 12.3. The van der Waals surface area contributed by atoms with Crippen molar-refractivity contribution in [3.05, 3.63) is 18.2 Å². The number of hydrogen-bond acceptors (Lipinski definition) is 6. The predicted molar refractivity (Wildman–Crippen MR) is 96.2 cm³/mol. The Morgan fingerprint density at radius 1 is 1.28 bits per heavy atom. The van der Waals surface area contributed by atoms with Crippen LogP contribution in [-0.4, -0.2) is 75.6 Å². The average Bonchev–Trinajstić information content (AvgIpc) is 2.50. The van der Waals surface area contributed by atoms with Crippen LogP contribution in [0.1, 0.15) is 6.42 Å². The van der Waals surface area contributed by atoms with Gasteiger partial charge in [0.25, 0.3) is 10.0 Å². The van der Waals surface area contributed by atoms with Crippen molar-refractivity contribution in [2.24, 2.45) is 0 Å². The Hall–Kier alpha value is -1.26. The van der Waals surface area contributed by atoms with E-state index in [1.807, 2.05) is 0 Å². The quantitative estimate of drug-likeness (QED) is 0.273. The van der Waals surface area contributed by atoms with Crippen LogP contribution in [0.25, 0.3) is 0 Å². The molecule has 0 amide bonds. The highest BCUT2D eigenvalue weighted by Crippen LogP contribution is 2.26. The van der Waals surface area contributed by atoms with E-state index in [1.165, 1.54) is 18.2 Å². The number of hydrogen-bond donors (Lipinski definition) is 3. The summed E-state index contributed by atoms with van der Waals surface area (Å²) < 4.78 is 25.8. The van der Waals surface area contributed by atoms with Gasteiger partial charge < -0.3 is 28.4 Å². The molecular formula is C15H28ClN5O3S. The summed E-state index contributed by atoms with van der Waals surface area (Å²) in [7, 11) is 0.400. The van der Waals surface area contributed by atoms with Crippen molar-refractivity contribution in [1.29, 1.82) is 0 Å². The van der Waals surface area contributed by atoms with Gasteiger partial charge in [-0.2, -0.15) is 0 Å². The van der Waals surface area contributed by atoms with Crippen molar-refractivity contribution in [3.8, 4) is 0 Å². The maximum Gasteiger partial charge on any atom is 0.257 e. The molecule has 1 aliphatic heterocycles. The topological polar surface area (TPSA) is 113 Å². The van der Waals surface area contributed by atoms with Gasteiger partial charge in [-0.3, -0.25) is 10.1 Å². The summed E-state index contributed by atoms with van der Waals surface area (Å²) in [6, 6.07) is 4.32. The third-order valence-corrected chi connectivity index (χ3v) is 6.19. The molecule has 10 heteroatoms. The summed E-state index contributed by atoms with van der Waals surface area (Å²) in [6.07, 6.45) is 0.481. The fourth-order valence-electron chi connectivity index (χ4n) is 2.88. The van der Waals surface area contributed by atoms with E-state index in [1.54, 1.807) is 0 Å². The Bertz CT molecular complexity index is 678. The molecule has 1 aromatic carbocycles. The molecule has 5 N–H and O–H groups in total. The lowest BCUT2D eigenvalue weighted by atomic mass is 10.2. The second kappa shape index (κ2) is 8.41. The van der Waals surface area contributed by atoms with Crippen LogP contribution < -0.4 is 28.3 Å². The van der Waals surface area contributed by atoms with Crippen LogP contribution in [0.5, 0.6) is 0 Å². The lowest BCUT2D eigenvalue weighted by Crippen LogP contribution is -3.00. The predicted octanol–water partition coefficient (Wildman–Crippen LogP) is -2.84. The first-order chi connectivity index (χ1) is 11.1. The van der Waals surface area contributed by atoms with Gasteiger partial charge in [-0.05, 0) is 25.2 Å². The van der Waals surface area contributed by atoms with Crippen LogP contribution in [0.3, 0.4) is 0 Å². The van der Waals surface area contributed by atoms with E-state index in [4.69, 9.17) is 11.5 Å². The summed E-state index contributed by atoms with van der Waals surface area (Å²) in [5.74, 6) is -0.128. The number of anilines is 3. The van der Waals surface area contributed by atoms with E-state index in [0.29, 0.717) is 12.1 Å². The van der Waals surface area contributed by atoms with Crippen LogP contribution in [0, 0.1) is 0 Å². The van der Waals surface area contributed by atoms with Crippen molar-refractivity contribution < 1.29 is 30.5 Å². The molecular weight excluding hydrogens is 366 g/mol. The van der Waals surface area contributed by atoms with Gasteiger partial charge in [0.1, 0.15) is 5.69 Å². The molecule has 2 rings (SSSR count). The molecule has 0 unspecified atom stereocenters. The van der Waals surface area contributed by atoms with Gasteiger partial charge in [-0.15, -0.1) is 4.47 Å². The number of likely N-dealkylation sites (N-methyl/N-ethyl adjacent to an activating group) is 2. The number of sulfonamides is 1. The number of benzene rings is 1. The number of halogens is 1. The minimum atomic E-state index is -3.84. The van der Waals surface area contributed by atoms with Gasteiger partial charge in [0.2, 0.25) is 0 Å². The molecule has 0 bridgehead atoms.